The molecule has 0 spiro atoms. The molecule has 28 heavy (non-hydrogen) atoms. The van der Waals surface area contributed by atoms with Crippen molar-refractivity contribution in [2.24, 2.45) is 0 Å². The van der Waals surface area contributed by atoms with Gasteiger partial charge in [-0.3, -0.25) is 9.69 Å². The van der Waals surface area contributed by atoms with Crippen molar-refractivity contribution in [2.45, 2.75) is 12.2 Å². The molecule has 0 radical (unpaired) electrons. The third kappa shape index (κ3) is 5.02. The van der Waals surface area contributed by atoms with Crippen LogP contribution in [0.3, 0.4) is 0 Å². The molecule has 0 aromatic heterocycles. The van der Waals surface area contributed by atoms with Gasteiger partial charge in [-0.25, -0.2) is 0 Å². The number of nitrogens with zero attached hydrogens (tertiary/aromatic N) is 1. The van der Waals surface area contributed by atoms with Crippen LogP contribution in [0.5, 0.6) is 0 Å². The van der Waals surface area contributed by atoms with Crippen LogP contribution in [0.4, 0.5) is 18.9 Å². The molecule has 2 aromatic carbocycles. The molecule has 150 valence electrons. The van der Waals surface area contributed by atoms with E-state index in [0.29, 0.717) is 43.1 Å². The molecule has 1 aliphatic heterocycles. The Bertz CT molecular complexity index is 803. The predicted molar refractivity (Wildman–Crippen MR) is 99.8 cm³/mol. The molecule has 0 bridgehead atoms. The molecule has 3 N–H and O–H groups in total. The lowest BCUT2D eigenvalue weighted by Crippen LogP contribution is -2.43. The molecule has 1 atom stereocenters. The van der Waals surface area contributed by atoms with E-state index < -0.39 is 11.7 Å². The van der Waals surface area contributed by atoms with Gasteiger partial charge < -0.3 is 15.8 Å². The van der Waals surface area contributed by atoms with Crippen molar-refractivity contribution in [3.05, 3.63) is 65.2 Å². The zero-order valence-corrected chi connectivity index (χ0v) is 15.2. The van der Waals surface area contributed by atoms with Crippen molar-refractivity contribution in [1.29, 1.82) is 0 Å². The molecule has 3 rings (SSSR count). The molecule has 1 unspecified atom stereocenters. The number of ether oxygens (including phenoxy) is 1. The van der Waals surface area contributed by atoms with Crippen molar-refractivity contribution >= 4 is 11.6 Å². The highest BCUT2D eigenvalue weighted by Crippen LogP contribution is 2.31. The Labute approximate surface area is 161 Å². The summed E-state index contributed by atoms with van der Waals surface area (Å²) in [5, 5.41) is 2.87. The number of amides is 1. The van der Waals surface area contributed by atoms with Gasteiger partial charge in [-0.05, 0) is 35.9 Å². The maximum Gasteiger partial charge on any atom is 0.416 e. The van der Waals surface area contributed by atoms with Gasteiger partial charge in [0.2, 0.25) is 0 Å². The molecule has 2 aromatic rings. The van der Waals surface area contributed by atoms with E-state index in [4.69, 9.17) is 10.5 Å². The summed E-state index contributed by atoms with van der Waals surface area (Å²) in [6.45, 7) is 2.62. The summed E-state index contributed by atoms with van der Waals surface area (Å²) >= 11 is 0. The highest BCUT2D eigenvalue weighted by atomic mass is 19.4. The van der Waals surface area contributed by atoms with E-state index in [0.717, 1.165) is 12.1 Å². The van der Waals surface area contributed by atoms with E-state index >= 15 is 0 Å². The number of nitrogens with one attached hydrogen (secondary N) is 1. The molecule has 1 heterocycles. The summed E-state index contributed by atoms with van der Waals surface area (Å²) in [7, 11) is 0. The Morgan fingerprint density at radius 3 is 2.43 bits per heavy atom. The van der Waals surface area contributed by atoms with Crippen LogP contribution in [0.2, 0.25) is 0 Å². The van der Waals surface area contributed by atoms with Crippen LogP contribution in [0.1, 0.15) is 27.5 Å². The molecule has 1 amide bonds. The summed E-state index contributed by atoms with van der Waals surface area (Å²) in [6.07, 6.45) is -4.38. The lowest BCUT2D eigenvalue weighted by atomic mass is 10.0. The largest absolute Gasteiger partial charge is 0.416 e. The highest BCUT2D eigenvalue weighted by molar-refractivity contribution is 5.95. The van der Waals surface area contributed by atoms with E-state index in [1.54, 1.807) is 24.3 Å². The number of rotatable bonds is 5. The summed E-state index contributed by atoms with van der Waals surface area (Å²) in [6, 6.07) is 11.5. The number of benzene rings is 2. The zero-order chi connectivity index (χ0) is 20.1. The van der Waals surface area contributed by atoms with Crippen LogP contribution in [0, 0.1) is 0 Å². The quantitative estimate of drug-likeness (QED) is 0.766. The van der Waals surface area contributed by atoms with Gasteiger partial charge in [0.15, 0.2) is 0 Å². The van der Waals surface area contributed by atoms with Crippen LogP contribution >= 0.6 is 0 Å². The first-order chi connectivity index (χ1) is 13.3. The molecular weight excluding hydrogens is 371 g/mol. The van der Waals surface area contributed by atoms with Crippen LogP contribution < -0.4 is 11.1 Å². The smallest absolute Gasteiger partial charge is 0.399 e. The molecule has 5 nitrogen and oxygen atoms in total. The lowest BCUT2D eigenvalue weighted by Gasteiger charge is -2.35. The van der Waals surface area contributed by atoms with Gasteiger partial charge in [0.1, 0.15) is 0 Å². The van der Waals surface area contributed by atoms with Gasteiger partial charge in [0, 0.05) is 30.9 Å². The predicted octanol–water partition coefficient (Wildman–Crippen LogP) is 3.09. The van der Waals surface area contributed by atoms with Crippen LogP contribution in [0.15, 0.2) is 48.5 Å². The molecule has 8 heteroatoms. The number of halogens is 3. The van der Waals surface area contributed by atoms with E-state index in [2.05, 4.69) is 10.2 Å². The van der Waals surface area contributed by atoms with E-state index in [1.165, 1.54) is 12.1 Å². The second-order valence-electron chi connectivity index (χ2n) is 6.62. The zero-order valence-electron chi connectivity index (χ0n) is 15.2. The van der Waals surface area contributed by atoms with Gasteiger partial charge in [-0.2, -0.15) is 13.2 Å². The first kappa shape index (κ1) is 20.2. The number of hydrogen-bond acceptors (Lipinski definition) is 4. The number of anilines is 1. The third-order valence-corrected chi connectivity index (χ3v) is 4.71. The minimum Gasteiger partial charge on any atom is -0.399 e. The second-order valence-corrected chi connectivity index (χ2v) is 6.62. The number of alkyl halides is 3. The summed E-state index contributed by atoms with van der Waals surface area (Å²) in [4.78, 5) is 14.5. The number of carbonyl (C=O) groups excluding carboxylic acids is 1. The number of nitrogens with two attached hydrogens (primary N) is 1. The molecule has 0 saturated carbocycles. The van der Waals surface area contributed by atoms with Crippen LogP contribution in [-0.4, -0.2) is 43.7 Å². The summed E-state index contributed by atoms with van der Waals surface area (Å²) in [5.41, 5.74) is 6.66. The van der Waals surface area contributed by atoms with Crippen molar-refractivity contribution in [2.75, 3.05) is 38.6 Å². The van der Waals surface area contributed by atoms with E-state index in [1.807, 2.05) is 0 Å². The van der Waals surface area contributed by atoms with Crippen LogP contribution in [-0.2, 0) is 10.9 Å². The van der Waals surface area contributed by atoms with Crippen molar-refractivity contribution in [1.82, 2.24) is 10.2 Å². The first-order valence-electron chi connectivity index (χ1n) is 8.97. The minimum absolute atomic E-state index is 0.254. The first-order valence-corrected chi connectivity index (χ1v) is 8.97. The molecule has 1 aliphatic rings. The number of hydrogen-bond donors (Lipinski definition) is 2. The van der Waals surface area contributed by atoms with Crippen molar-refractivity contribution < 1.29 is 22.7 Å². The van der Waals surface area contributed by atoms with Crippen molar-refractivity contribution in [3.8, 4) is 0 Å². The van der Waals surface area contributed by atoms with Gasteiger partial charge in [0.05, 0.1) is 24.8 Å². The Balaban J connectivity index is 1.76. The van der Waals surface area contributed by atoms with Crippen LogP contribution in [0.25, 0.3) is 0 Å². The topological polar surface area (TPSA) is 67.6 Å². The standard InChI is InChI=1S/C20H22F3N3O2/c21-20(22,23)16-6-4-14(5-7-16)18(26-8-10-28-11-9-26)13-25-19(27)15-2-1-3-17(24)12-15/h1-7,12,18H,8-11,13,24H2,(H,25,27). The fourth-order valence-electron chi connectivity index (χ4n) is 3.21. The number of nitrogen functional groups attached to an aromatic ring is 1. The Hall–Kier alpha value is -2.58. The fourth-order valence-corrected chi connectivity index (χ4v) is 3.21. The maximum absolute atomic E-state index is 12.9. The minimum atomic E-state index is -4.38. The Kier molecular flexibility index (Phi) is 6.21. The number of carbonyl (C=O) groups is 1. The van der Waals surface area contributed by atoms with Gasteiger partial charge in [-0.15, -0.1) is 0 Å². The van der Waals surface area contributed by atoms with Gasteiger partial charge in [0.25, 0.3) is 5.91 Å². The summed E-state index contributed by atoms with van der Waals surface area (Å²) < 4.78 is 43.9. The molecule has 1 fully saturated rings. The van der Waals surface area contributed by atoms with Crippen molar-refractivity contribution in [3.63, 3.8) is 0 Å². The Morgan fingerprint density at radius 2 is 1.82 bits per heavy atom. The maximum atomic E-state index is 12.9. The molecule has 0 aliphatic carbocycles. The van der Waals surface area contributed by atoms with Gasteiger partial charge in [-0.1, -0.05) is 18.2 Å². The summed E-state index contributed by atoms with van der Waals surface area (Å²) in [5.74, 6) is -0.280. The lowest BCUT2D eigenvalue weighted by molar-refractivity contribution is -0.137. The molecule has 1 saturated heterocycles. The number of morpholine rings is 1. The highest BCUT2D eigenvalue weighted by Gasteiger charge is 2.31. The average molecular weight is 393 g/mol. The van der Waals surface area contributed by atoms with E-state index in [9.17, 15) is 18.0 Å². The normalized spacial score (nSPS) is 16.5. The monoisotopic (exact) mass is 393 g/mol. The average Bonchev–Trinajstić information content (AvgIpc) is 2.68. The van der Waals surface area contributed by atoms with E-state index in [-0.39, 0.29) is 18.5 Å². The third-order valence-electron chi connectivity index (χ3n) is 4.71. The van der Waals surface area contributed by atoms with Gasteiger partial charge >= 0.3 is 6.18 Å². The SMILES string of the molecule is Nc1cccc(C(=O)NCC(c2ccc(C(F)(F)F)cc2)N2CCOCC2)c1. The Morgan fingerprint density at radius 1 is 1.14 bits per heavy atom. The molecular formula is C20H22F3N3O2. The second kappa shape index (κ2) is 8.62. The fraction of sp³-hybridized carbons (Fsp3) is 0.350.